The van der Waals surface area contributed by atoms with Gasteiger partial charge in [-0.3, -0.25) is 0 Å². The molecule has 0 spiro atoms. The second-order valence-electron chi connectivity index (χ2n) is 3.67. The molecule has 2 rings (SSSR count). The second kappa shape index (κ2) is 4.19. The molecule has 0 amide bonds. The number of aryl methyl sites for hydroxylation is 1. The lowest BCUT2D eigenvalue weighted by Crippen LogP contribution is -2.00. The van der Waals surface area contributed by atoms with Crippen LogP contribution in [0.4, 0.5) is 4.39 Å². The number of hydrogen-bond acceptors (Lipinski definition) is 2. The van der Waals surface area contributed by atoms with Gasteiger partial charge in [0.05, 0.1) is 27.7 Å². The molecule has 0 saturated heterocycles. The molecule has 0 N–H and O–H groups in total. The predicted molar refractivity (Wildman–Crippen MR) is 62.7 cm³/mol. The van der Waals surface area contributed by atoms with E-state index in [0.29, 0.717) is 16.4 Å². The van der Waals surface area contributed by atoms with E-state index in [1.165, 1.54) is 12.1 Å². The van der Waals surface area contributed by atoms with Crippen molar-refractivity contribution in [2.75, 3.05) is 0 Å². The molecular formula is C12H9ClFN3. The summed E-state index contributed by atoms with van der Waals surface area (Å²) >= 11 is 6.02. The topological polar surface area (TPSA) is 41.6 Å². The molecule has 0 aliphatic rings. The van der Waals surface area contributed by atoms with Gasteiger partial charge in [0, 0.05) is 6.07 Å². The Bertz CT molecular complexity index is 625. The first-order valence-corrected chi connectivity index (χ1v) is 5.34. The first-order valence-electron chi connectivity index (χ1n) is 4.96. The van der Waals surface area contributed by atoms with Gasteiger partial charge in [0.2, 0.25) is 0 Å². The van der Waals surface area contributed by atoms with Crippen LogP contribution in [-0.2, 0) is 0 Å². The Morgan fingerprint density at radius 2 is 2.12 bits per heavy atom. The van der Waals surface area contributed by atoms with Crippen molar-refractivity contribution in [1.82, 2.24) is 9.78 Å². The summed E-state index contributed by atoms with van der Waals surface area (Å²) in [7, 11) is 0. The van der Waals surface area contributed by atoms with Crippen molar-refractivity contribution in [1.29, 1.82) is 5.26 Å². The summed E-state index contributed by atoms with van der Waals surface area (Å²) in [5, 5.41) is 13.4. The first kappa shape index (κ1) is 11.6. The Morgan fingerprint density at radius 1 is 1.41 bits per heavy atom. The number of halogens is 2. The molecule has 5 heteroatoms. The Labute approximate surface area is 103 Å². The first-order chi connectivity index (χ1) is 8.04. The van der Waals surface area contributed by atoms with Gasteiger partial charge in [0.15, 0.2) is 0 Å². The zero-order valence-electron chi connectivity index (χ0n) is 9.33. The van der Waals surface area contributed by atoms with Crippen LogP contribution in [0.15, 0.2) is 18.2 Å². The number of hydrogen-bond donors (Lipinski definition) is 0. The molecular weight excluding hydrogens is 241 g/mol. The minimum Gasteiger partial charge on any atom is -0.236 e. The van der Waals surface area contributed by atoms with Crippen molar-refractivity contribution in [2.45, 2.75) is 13.8 Å². The van der Waals surface area contributed by atoms with Gasteiger partial charge in [-0.1, -0.05) is 11.6 Å². The maximum Gasteiger partial charge on any atom is 0.143 e. The quantitative estimate of drug-likeness (QED) is 0.779. The van der Waals surface area contributed by atoms with E-state index >= 15 is 0 Å². The average molecular weight is 250 g/mol. The van der Waals surface area contributed by atoms with Crippen LogP contribution in [0, 0.1) is 31.0 Å². The highest BCUT2D eigenvalue weighted by Gasteiger charge is 2.12. The molecule has 0 atom stereocenters. The van der Waals surface area contributed by atoms with Crippen molar-refractivity contribution in [3.8, 4) is 11.8 Å². The molecule has 3 nitrogen and oxygen atoms in total. The van der Waals surface area contributed by atoms with Gasteiger partial charge in [0.25, 0.3) is 0 Å². The van der Waals surface area contributed by atoms with Crippen LogP contribution in [0.5, 0.6) is 0 Å². The fourth-order valence-electron chi connectivity index (χ4n) is 1.60. The zero-order chi connectivity index (χ0) is 12.6. The molecule has 0 fully saturated rings. The minimum atomic E-state index is -0.561. The fourth-order valence-corrected chi connectivity index (χ4v) is 1.72. The molecule has 0 aliphatic carbocycles. The molecule has 0 radical (unpaired) electrons. The lowest BCUT2D eigenvalue weighted by atomic mass is 10.2. The van der Waals surface area contributed by atoms with Crippen LogP contribution in [0.25, 0.3) is 5.69 Å². The SMILES string of the molecule is Cc1nn(-c2ccc(C#N)c(F)c2)c(C)c1Cl. The Hall–Kier alpha value is -1.86. The minimum absolute atomic E-state index is 0.0152. The number of benzene rings is 1. The summed E-state index contributed by atoms with van der Waals surface area (Å²) in [5.41, 5.74) is 2.00. The highest BCUT2D eigenvalue weighted by atomic mass is 35.5. The summed E-state index contributed by atoms with van der Waals surface area (Å²) in [6, 6.07) is 6.11. The fraction of sp³-hybridized carbons (Fsp3) is 0.167. The Balaban J connectivity index is 2.58. The third-order valence-corrected chi connectivity index (χ3v) is 3.07. The number of rotatable bonds is 1. The van der Waals surface area contributed by atoms with Gasteiger partial charge in [-0.15, -0.1) is 0 Å². The lowest BCUT2D eigenvalue weighted by molar-refractivity contribution is 0.621. The van der Waals surface area contributed by atoms with Crippen LogP contribution in [-0.4, -0.2) is 9.78 Å². The summed E-state index contributed by atoms with van der Waals surface area (Å²) in [4.78, 5) is 0. The van der Waals surface area contributed by atoms with Gasteiger partial charge in [-0.2, -0.15) is 10.4 Å². The summed E-state index contributed by atoms with van der Waals surface area (Å²) < 4.78 is 15.0. The van der Waals surface area contributed by atoms with E-state index in [9.17, 15) is 4.39 Å². The molecule has 1 heterocycles. The largest absolute Gasteiger partial charge is 0.236 e. The van der Waals surface area contributed by atoms with E-state index in [-0.39, 0.29) is 5.56 Å². The van der Waals surface area contributed by atoms with E-state index in [2.05, 4.69) is 5.10 Å². The monoisotopic (exact) mass is 249 g/mol. The van der Waals surface area contributed by atoms with Gasteiger partial charge >= 0.3 is 0 Å². The average Bonchev–Trinajstić information content (AvgIpc) is 2.57. The van der Waals surface area contributed by atoms with Crippen molar-refractivity contribution in [2.24, 2.45) is 0 Å². The van der Waals surface area contributed by atoms with E-state index < -0.39 is 5.82 Å². The van der Waals surface area contributed by atoms with Gasteiger partial charge in [-0.05, 0) is 26.0 Å². The van der Waals surface area contributed by atoms with Crippen molar-refractivity contribution < 1.29 is 4.39 Å². The van der Waals surface area contributed by atoms with E-state index in [4.69, 9.17) is 16.9 Å². The summed E-state index contributed by atoms with van der Waals surface area (Å²) in [6.45, 7) is 3.59. The second-order valence-corrected chi connectivity index (χ2v) is 4.05. The highest BCUT2D eigenvalue weighted by molar-refractivity contribution is 6.31. The third kappa shape index (κ3) is 1.90. The Morgan fingerprint density at radius 3 is 2.59 bits per heavy atom. The van der Waals surface area contributed by atoms with E-state index in [1.807, 2.05) is 0 Å². The molecule has 0 bridgehead atoms. The highest BCUT2D eigenvalue weighted by Crippen LogP contribution is 2.23. The van der Waals surface area contributed by atoms with Gasteiger partial charge in [-0.25, -0.2) is 9.07 Å². The predicted octanol–water partition coefficient (Wildman–Crippen LogP) is 3.15. The van der Waals surface area contributed by atoms with Crippen LogP contribution in [0.3, 0.4) is 0 Å². The molecule has 0 saturated carbocycles. The lowest BCUT2D eigenvalue weighted by Gasteiger charge is -2.04. The smallest absolute Gasteiger partial charge is 0.143 e. The zero-order valence-corrected chi connectivity index (χ0v) is 10.1. The third-order valence-electron chi connectivity index (χ3n) is 2.52. The van der Waals surface area contributed by atoms with Gasteiger partial charge in [0.1, 0.15) is 11.9 Å². The standard InChI is InChI=1S/C12H9ClFN3/c1-7-12(13)8(2)17(16-7)10-4-3-9(6-15)11(14)5-10/h3-5H,1-2H3. The van der Waals surface area contributed by atoms with E-state index in [1.54, 1.807) is 30.7 Å². The van der Waals surface area contributed by atoms with Crippen molar-refractivity contribution in [3.05, 3.63) is 46.0 Å². The maximum absolute atomic E-state index is 13.5. The van der Waals surface area contributed by atoms with Crippen molar-refractivity contribution in [3.63, 3.8) is 0 Å². The Kier molecular flexibility index (Phi) is 2.86. The molecule has 0 aliphatic heterocycles. The van der Waals surface area contributed by atoms with Crippen LogP contribution in [0.2, 0.25) is 5.02 Å². The summed E-state index contributed by atoms with van der Waals surface area (Å²) in [5.74, 6) is -0.561. The number of aromatic nitrogens is 2. The molecule has 2 aromatic rings. The van der Waals surface area contributed by atoms with Crippen LogP contribution in [0.1, 0.15) is 17.0 Å². The normalized spacial score (nSPS) is 10.3. The molecule has 1 aromatic carbocycles. The number of nitrogens with zero attached hydrogens (tertiary/aromatic N) is 3. The number of nitriles is 1. The maximum atomic E-state index is 13.5. The van der Waals surface area contributed by atoms with Gasteiger partial charge < -0.3 is 0 Å². The van der Waals surface area contributed by atoms with Crippen molar-refractivity contribution >= 4 is 11.6 Å². The summed E-state index contributed by atoms with van der Waals surface area (Å²) in [6.07, 6.45) is 0. The molecule has 86 valence electrons. The molecule has 17 heavy (non-hydrogen) atoms. The molecule has 1 aromatic heterocycles. The van der Waals surface area contributed by atoms with Crippen LogP contribution >= 0.6 is 11.6 Å². The molecule has 0 unspecified atom stereocenters. The van der Waals surface area contributed by atoms with E-state index in [0.717, 1.165) is 5.69 Å². The van der Waals surface area contributed by atoms with Crippen LogP contribution < -0.4 is 0 Å².